The van der Waals surface area contributed by atoms with Gasteiger partial charge in [-0.05, 0) is 21.2 Å². The molecule has 0 nitrogen and oxygen atoms in total. The second-order valence-electron chi connectivity index (χ2n) is 5.76. The van der Waals surface area contributed by atoms with Crippen molar-refractivity contribution in [3.05, 3.63) is 0 Å². The van der Waals surface area contributed by atoms with E-state index in [9.17, 15) is 0 Å². The Morgan fingerprint density at radius 2 is 0.842 bits per heavy atom. The smallest absolute Gasteiger partial charge is 0.00425 e. The van der Waals surface area contributed by atoms with E-state index >= 15 is 0 Å². The van der Waals surface area contributed by atoms with Gasteiger partial charge in [0, 0.05) is 5.75 Å². The lowest BCUT2D eigenvalue weighted by atomic mass is 10.0. The van der Waals surface area contributed by atoms with Crippen LogP contribution in [0.3, 0.4) is 0 Å². The minimum Gasteiger partial charge on any atom is -0.0836 e. The van der Waals surface area contributed by atoms with Crippen LogP contribution in [-0.2, 0) is 0 Å². The second kappa shape index (κ2) is 18.8. The molecule has 0 fully saturated rings. The quantitative estimate of drug-likeness (QED) is 0.255. The molecule has 0 bridgehead atoms. The Kier molecular flexibility index (Phi) is 19.7. The Morgan fingerprint density at radius 3 is 1.16 bits per heavy atom. The van der Waals surface area contributed by atoms with E-state index in [2.05, 4.69) is 21.7 Å². The first-order valence-corrected chi connectivity index (χ1v) is 11.5. The van der Waals surface area contributed by atoms with Crippen LogP contribution >= 0.6 is 25.0 Å². The maximum absolute atomic E-state index is 3.41. The van der Waals surface area contributed by atoms with Crippen LogP contribution < -0.4 is 0 Å². The summed E-state index contributed by atoms with van der Waals surface area (Å²) < 4.78 is 0. The molecule has 0 heterocycles. The summed E-state index contributed by atoms with van der Waals surface area (Å²) in [5.41, 5.74) is 0. The Labute approximate surface area is 134 Å². The third-order valence-corrected chi connectivity index (χ3v) is 5.24. The minimum absolute atomic E-state index is 1.28. The van der Waals surface area contributed by atoms with E-state index in [1.54, 1.807) is 10.2 Å². The van der Waals surface area contributed by atoms with Crippen molar-refractivity contribution < 1.29 is 0 Å². The normalized spacial score (nSPS) is 11.1. The first kappa shape index (κ1) is 19.8. The average Bonchev–Trinajstić information content (AvgIpc) is 2.43. The lowest BCUT2D eigenvalue weighted by molar-refractivity contribution is 0.535. The molecule has 0 amide bonds. The molecule has 0 aromatic carbocycles. The molecule has 0 atom stereocenters. The summed E-state index contributed by atoms with van der Waals surface area (Å²) in [6.45, 7) is 2.29. The van der Waals surface area contributed by atoms with Crippen molar-refractivity contribution in [2.75, 3.05) is 5.75 Å². The van der Waals surface area contributed by atoms with Crippen molar-refractivity contribution in [1.82, 2.24) is 0 Å². The van der Waals surface area contributed by atoms with E-state index in [1.165, 1.54) is 102 Å². The van der Waals surface area contributed by atoms with Gasteiger partial charge in [-0.2, -0.15) is 0 Å². The zero-order valence-corrected chi connectivity index (χ0v) is 15.5. The monoisotopic (exact) mass is 350 g/mol. The molecule has 0 saturated carbocycles. The lowest BCUT2D eigenvalue weighted by Gasteiger charge is -2.03. The van der Waals surface area contributed by atoms with Crippen LogP contribution in [0.4, 0.5) is 0 Å². The van der Waals surface area contributed by atoms with Crippen molar-refractivity contribution in [2.24, 2.45) is 0 Å². The number of rotatable bonds is 16. The van der Waals surface area contributed by atoms with Gasteiger partial charge in [-0.1, -0.05) is 107 Å². The van der Waals surface area contributed by atoms with Gasteiger partial charge in [0.1, 0.15) is 0 Å². The molecule has 0 aromatic heterocycles. The molecule has 0 aliphatic rings. The summed E-state index contributed by atoms with van der Waals surface area (Å²) in [6, 6.07) is 0. The van der Waals surface area contributed by atoms with Gasteiger partial charge in [-0.15, -0.1) is 0 Å². The molecule has 0 aliphatic heterocycles. The first-order valence-electron chi connectivity index (χ1n) is 8.65. The fourth-order valence-electron chi connectivity index (χ4n) is 2.53. The molecule has 0 spiro atoms. The standard InChI is InChI=1S/C17H35BrS/c1-2-3-4-5-6-7-8-9-10-11-12-13-14-15-16-17-19-18/h2-17H2,1H3. The first-order chi connectivity index (χ1) is 9.41. The molecule has 0 N–H and O–H groups in total. The van der Waals surface area contributed by atoms with Gasteiger partial charge in [-0.3, -0.25) is 0 Å². The van der Waals surface area contributed by atoms with Gasteiger partial charge < -0.3 is 0 Å². The van der Waals surface area contributed by atoms with Crippen LogP contribution in [0.25, 0.3) is 0 Å². The van der Waals surface area contributed by atoms with Gasteiger partial charge in [0.05, 0.1) is 0 Å². The molecule has 0 radical (unpaired) electrons. The summed E-state index contributed by atoms with van der Waals surface area (Å²) in [6.07, 6.45) is 21.8. The van der Waals surface area contributed by atoms with Gasteiger partial charge in [0.15, 0.2) is 0 Å². The molecular formula is C17H35BrS. The molecule has 2 heteroatoms. The van der Waals surface area contributed by atoms with Crippen molar-refractivity contribution in [3.8, 4) is 0 Å². The Hall–Kier alpha value is 0.830. The summed E-state index contributed by atoms with van der Waals surface area (Å²) in [4.78, 5) is 0. The Balaban J connectivity index is 2.88. The van der Waals surface area contributed by atoms with Crippen molar-refractivity contribution in [1.29, 1.82) is 0 Å². The van der Waals surface area contributed by atoms with Gasteiger partial charge in [0.2, 0.25) is 0 Å². The average molecular weight is 351 g/mol. The molecule has 0 saturated heterocycles. The zero-order chi connectivity index (χ0) is 14.0. The number of halogens is 1. The fourth-order valence-corrected chi connectivity index (χ4v) is 3.53. The molecule has 0 aromatic rings. The van der Waals surface area contributed by atoms with Crippen LogP contribution in [0, 0.1) is 0 Å². The zero-order valence-electron chi connectivity index (χ0n) is 13.1. The molecular weight excluding hydrogens is 316 g/mol. The third-order valence-electron chi connectivity index (χ3n) is 3.83. The number of hydrogen-bond donors (Lipinski definition) is 0. The lowest BCUT2D eigenvalue weighted by Crippen LogP contribution is -1.83. The molecule has 19 heavy (non-hydrogen) atoms. The van der Waals surface area contributed by atoms with E-state index in [0.29, 0.717) is 0 Å². The van der Waals surface area contributed by atoms with E-state index in [0.717, 1.165) is 0 Å². The van der Waals surface area contributed by atoms with Crippen LogP contribution in [0.2, 0.25) is 0 Å². The largest absolute Gasteiger partial charge is 0.0836 e. The van der Waals surface area contributed by atoms with E-state index in [-0.39, 0.29) is 0 Å². The minimum atomic E-state index is 1.28. The highest BCUT2D eigenvalue weighted by Gasteiger charge is 1.94. The predicted molar refractivity (Wildman–Crippen MR) is 96.3 cm³/mol. The van der Waals surface area contributed by atoms with Crippen LogP contribution in [0.15, 0.2) is 0 Å². The van der Waals surface area contributed by atoms with Crippen LogP contribution in [0.1, 0.15) is 103 Å². The summed E-state index contributed by atoms with van der Waals surface area (Å²) in [5, 5.41) is 0. The molecule has 0 unspecified atom stereocenters. The SMILES string of the molecule is CCCCCCCCCCCCCCCCCSBr. The highest BCUT2D eigenvalue weighted by molar-refractivity contribution is 9.50. The Morgan fingerprint density at radius 1 is 0.526 bits per heavy atom. The van der Waals surface area contributed by atoms with Crippen molar-refractivity contribution in [2.45, 2.75) is 103 Å². The topological polar surface area (TPSA) is 0 Å². The Bertz CT molecular complexity index is 134. The number of unbranched alkanes of at least 4 members (excludes halogenated alkanes) is 14. The second-order valence-corrected chi connectivity index (χ2v) is 7.76. The highest BCUT2D eigenvalue weighted by Crippen LogP contribution is 2.15. The van der Waals surface area contributed by atoms with Gasteiger partial charge >= 0.3 is 0 Å². The third kappa shape index (κ3) is 18.8. The molecule has 0 rings (SSSR count). The number of hydrogen-bond acceptors (Lipinski definition) is 1. The van der Waals surface area contributed by atoms with Crippen LogP contribution in [0.5, 0.6) is 0 Å². The fraction of sp³-hybridized carbons (Fsp3) is 1.00. The maximum atomic E-state index is 3.41. The van der Waals surface area contributed by atoms with Crippen molar-refractivity contribution >= 4 is 25.0 Å². The predicted octanol–water partition coefficient (Wildman–Crippen LogP) is 7.90. The summed E-state index contributed by atoms with van der Waals surface area (Å²) in [7, 11) is 1.80. The van der Waals surface area contributed by atoms with E-state index < -0.39 is 0 Å². The molecule has 0 aliphatic carbocycles. The maximum Gasteiger partial charge on any atom is 0.00425 e. The van der Waals surface area contributed by atoms with E-state index in [1.807, 2.05) is 0 Å². The van der Waals surface area contributed by atoms with Crippen molar-refractivity contribution in [3.63, 3.8) is 0 Å². The summed E-state index contributed by atoms with van der Waals surface area (Å²) in [5.74, 6) is 1.28. The summed E-state index contributed by atoms with van der Waals surface area (Å²) >= 11 is 3.41. The van der Waals surface area contributed by atoms with Gasteiger partial charge in [-0.25, -0.2) is 0 Å². The van der Waals surface area contributed by atoms with Crippen LogP contribution in [-0.4, -0.2) is 5.75 Å². The van der Waals surface area contributed by atoms with E-state index in [4.69, 9.17) is 0 Å². The molecule has 116 valence electrons. The highest BCUT2D eigenvalue weighted by atomic mass is 79.9. The van der Waals surface area contributed by atoms with Gasteiger partial charge in [0.25, 0.3) is 0 Å².